The van der Waals surface area contributed by atoms with Gasteiger partial charge in [0.2, 0.25) is 0 Å². The summed E-state index contributed by atoms with van der Waals surface area (Å²) >= 11 is 3.37. The lowest BCUT2D eigenvalue weighted by Gasteiger charge is -2.23. The van der Waals surface area contributed by atoms with Gasteiger partial charge in [-0.15, -0.1) is 0 Å². The molecule has 3 nitrogen and oxygen atoms in total. The maximum absolute atomic E-state index is 5.46. The van der Waals surface area contributed by atoms with Gasteiger partial charge < -0.3 is 10.1 Å². The second kappa shape index (κ2) is 5.64. The summed E-state index contributed by atoms with van der Waals surface area (Å²) in [6.45, 7) is 4.81. The smallest absolute Gasteiger partial charge is 0.106 e. The van der Waals surface area contributed by atoms with E-state index in [-0.39, 0.29) is 0 Å². The van der Waals surface area contributed by atoms with Gasteiger partial charge in [-0.1, -0.05) is 0 Å². The largest absolute Gasteiger partial charge is 0.383 e. The summed E-state index contributed by atoms with van der Waals surface area (Å²) in [6.07, 6.45) is 2.44. The van der Waals surface area contributed by atoms with Crippen molar-refractivity contribution in [2.24, 2.45) is 5.92 Å². The van der Waals surface area contributed by atoms with Crippen molar-refractivity contribution < 1.29 is 4.74 Å². The minimum absolute atomic E-state index is 0.636. The van der Waals surface area contributed by atoms with Crippen molar-refractivity contribution in [3.05, 3.63) is 22.4 Å². The van der Waals surface area contributed by atoms with Crippen LogP contribution in [-0.4, -0.2) is 24.7 Å². The highest BCUT2D eigenvalue weighted by molar-refractivity contribution is 9.10. The van der Waals surface area contributed by atoms with Gasteiger partial charge in [0.05, 0.1) is 18.0 Å². The third-order valence-electron chi connectivity index (χ3n) is 2.89. The number of pyridine rings is 1. The molecule has 0 spiro atoms. The van der Waals surface area contributed by atoms with Crippen LogP contribution in [0.1, 0.15) is 18.5 Å². The van der Waals surface area contributed by atoms with Gasteiger partial charge in [0.15, 0.2) is 0 Å². The maximum Gasteiger partial charge on any atom is 0.106 e. The lowest BCUT2D eigenvalue weighted by molar-refractivity contribution is 0.0595. The van der Waals surface area contributed by atoms with Gasteiger partial charge in [-0.2, -0.15) is 0 Å². The van der Waals surface area contributed by atoms with E-state index >= 15 is 0 Å². The van der Waals surface area contributed by atoms with Crippen LogP contribution in [0.2, 0.25) is 0 Å². The molecule has 1 aliphatic rings. The Labute approximate surface area is 105 Å². The van der Waals surface area contributed by atoms with Gasteiger partial charge in [0, 0.05) is 13.2 Å². The predicted octanol–water partition coefficient (Wildman–Crippen LogP) is 2.99. The van der Waals surface area contributed by atoms with E-state index in [1.165, 1.54) is 12.8 Å². The Bertz CT molecular complexity index is 351. The van der Waals surface area contributed by atoms with Gasteiger partial charge in [0.1, 0.15) is 4.60 Å². The molecule has 1 aromatic rings. The minimum Gasteiger partial charge on any atom is -0.383 e. The second-order valence-electron chi connectivity index (χ2n) is 4.23. The SMILES string of the molecule is Cc1nc(Br)ccc1NCC1CCCOC1. The normalized spacial score (nSPS) is 20.8. The van der Waals surface area contributed by atoms with E-state index in [1.54, 1.807) is 0 Å². The number of anilines is 1. The predicted molar refractivity (Wildman–Crippen MR) is 68.7 cm³/mol. The molecular formula is C12H17BrN2O. The number of hydrogen-bond acceptors (Lipinski definition) is 3. The lowest BCUT2D eigenvalue weighted by Crippen LogP contribution is -2.24. The topological polar surface area (TPSA) is 34.2 Å². The van der Waals surface area contributed by atoms with Crippen LogP contribution >= 0.6 is 15.9 Å². The van der Waals surface area contributed by atoms with E-state index in [2.05, 4.69) is 32.3 Å². The fourth-order valence-corrected chi connectivity index (χ4v) is 2.34. The van der Waals surface area contributed by atoms with Crippen LogP contribution in [0.3, 0.4) is 0 Å². The summed E-state index contributed by atoms with van der Waals surface area (Å²) in [6, 6.07) is 4.03. The summed E-state index contributed by atoms with van der Waals surface area (Å²) in [5, 5.41) is 3.45. The number of nitrogens with one attached hydrogen (secondary N) is 1. The Kier molecular flexibility index (Phi) is 4.18. The number of rotatable bonds is 3. The molecule has 0 aromatic carbocycles. The van der Waals surface area contributed by atoms with E-state index in [0.29, 0.717) is 5.92 Å². The number of ether oxygens (including phenoxy) is 1. The molecule has 1 fully saturated rings. The van der Waals surface area contributed by atoms with Gasteiger partial charge in [-0.3, -0.25) is 0 Å². The molecule has 4 heteroatoms. The Morgan fingerprint density at radius 1 is 1.56 bits per heavy atom. The van der Waals surface area contributed by atoms with Crippen LogP contribution in [-0.2, 0) is 4.74 Å². The number of nitrogens with zero attached hydrogens (tertiary/aromatic N) is 1. The molecule has 1 saturated heterocycles. The Hall–Kier alpha value is -0.610. The summed E-state index contributed by atoms with van der Waals surface area (Å²) < 4.78 is 6.34. The van der Waals surface area contributed by atoms with Gasteiger partial charge >= 0.3 is 0 Å². The molecule has 0 amide bonds. The fourth-order valence-electron chi connectivity index (χ4n) is 1.94. The fraction of sp³-hybridized carbons (Fsp3) is 0.583. The number of aryl methyl sites for hydroxylation is 1. The molecule has 16 heavy (non-hydrogen) atoms. The van der Waals surface area contributed by atoms with Crippen LogP contribution < -0.4 is 5.32 Å². The minimum atomic E-state index is 0.636. The zero-order valence-corrected chi connectivity index (χ0v) is 11.1. The zero-order valence-electron chi connectivity index (χ0n) is 9.50. The Balaban J connectivity index is 1.88. The highest BCUT2D eigenvalue weighted by atomic mass is 79.9. The first-order valence-electron chi connectivity index (χ1n) is 5.70. The summed E-state index contributed by atoms with van der Waals surface area (Å²) in [4.78, 5) is 4.36. The molecule has 2 heterocycles. The third-order valence-corrected chi connectivity index (χ3v) is 3.33. The molecule has 1 aromatic heterocycles. The average molecular weight is 285 g/mol. The number of halogens is 1. The van der Waals surface area contributed by atoms with Crippen LogP contribution in [0, 0.1) is 12.8 Å². The van der Waals surface area contributed by atoms with Crippen LogP contribution in [0.4, 0.5) is 5.69 Å². The summed E-state index contributed by atoms with van der Waals surface area (Å²) in [5.74, 6) is 0.636. The molecule has 1 aliphatic heterocycles. The highest BCUT2D eigenvalue weighted by Gasteiger charge is 2.13. The highest BCUT2D eigenvalue weighted by Crippen LogP contribution is 2.18. The quantitative estimate of drug-likeness (QED) is 0.867. The standard InChI is InChI=1S/C12H17BrN2O/c1-9-11(4-5-12(13)15-9)14-7-10-3-2-6-16-8-10/h4-5,10,14H,2-3,6-8H2,1H3. The van der Waals surface area contributed by atoms with Crippen molar-refractivity contribution >= 4 is 21.6 Å². The van der Waals surface area contributed by atoms with Crippen LogP contribution in [0.25, 0.3) is 0 Å². The van der Waals surface area contributed by atoms with Crippen LogP contribution in [0.5, 0.6) is 0 Å². The first-order valence-corrected chi connectivity index (χ1v) is 6.50. The lowest BCUT2D eigenvalue weighted by atomic mass is 10.0. The van der Waals surface area contributed by atoms with E-state index in [9.17, 15) is 0 Å². The third kappa shape index (κ3) is 3.19. The van der Waals surface area contributed by atoms with Crippen molar-refractivity contribution in [2.45, 2.75) is 19.8 Å². The maximum atomic E-state index is 5.46. The molecular weight excluding hydrogens is 268 g/mol. The monoisotopic (exact) mass is 284 g/mol. The van der Waals surface area contributed by atoms with Gasteiger partial charge in [0.25, 0.3) is 0 Å². The van der Waals surface area contributed by atoms with Crippen molar-refractivity contribution in [2.75, 3.05) is 25.1 Å². The molecule has 0 saturated carbocycles. The van der Waals surface area contributed by atoms with Crippen molar-refractivity contribution in [1.82, 2.24) is 4.98 Å². The Morgan fingerprint density at radius 2 is 2.44 bits per heavy atom. The molecule has 88 valence electrons. The van der Waals surface area contributed by atoms with Gasteiger partial charge in [-0.25, -0.2) is 4.98 Å². The average Bonchev–Trinajstić information content (AvgIpc) is 2.29. The van der Waals surface area contributed by atoms with E-state index in [0.717, 1.165) is 35.7 Å². The molecule has 2 rings (SSSR count). The van der Waals surface area contributed by atoms with Crippen molar-refractivity contribution in [3.63, 3.8) is 0 Å². The molecule has 0 aliphatic carbocycles. The Morgan fingerprint density at radius 3 is 3.12 bits per heavy atom. The van der Waals surface area contributed by atoms with E-state index in [1.807, 2.05) is 13.0 Å². The molecule has 0 radical (unpaired) electrons. The summed E-state index contributed by atoms with van der Waals surface area (Å²) in [7, 11) is 0. The first kappa shape index (κ1) is 11.9. The van der Waals surface area contributed by atoms with Gasteiger partial charge in [-0.05, 0) is 53.7 Å². The van der Waals surface area contributed by atoms with Crippen molar-refractivity contribution in [3.8, 4) is 0 Å². The molecule has 1 N–H and O–H groups in total. The molecule has 0 bridgehead atoms. The van der Waals surface area contributed by atoms with Crippen LogP contribution in [0.15, 0.2) is 16.7 Å². The van der Waals surface area contributed by atoms with Crippen molar-refractivity contribution in [1.29, 1.82) is 0 Å². The van der Waals surface area contributed by atoms with E-state index in [4.69, 9.17) is 4.74 Å². The molecule has 1 atom stereocenters. The number of hydrogen-bond donors (Lipinski definition) is 1. The number of aromatic nitrogens is 1. The second-order valence-corrected chi connectivity index (χ2v) is 5.04. The first-order chi connectivity index (χ1) is 7.75. The van der Waals surface area contributed by atoms with E-state index < -0.39 is 0 Å². The zero-order chi connectivity index (χ0) is 11.4. The summed E-state index contributed by atoms with van der Waals surface area (Å²) in [5.41, 5.74) is 2.15. The molecule has 1 unspecified atom stereocenters.